The van der Waals surface area contributed by atoms with Gasteiger partial charge in [0, 0.05) is 11.7 Å². The fourth-order valence-electron chi connectivity index (χ4n) is 6.47. The third kappa shape index (κ3) is 6.92. The Balaban J connectivity index is 1.27. The molecule has 7 heteroatoms. The van der Waals surface area contributed by atoms with E-state index in [2.05, 4.69) is 66.0 Å². The van der Waals surface area contributed by atoms with Gasteiger partial charge in [-0.15, -0.1) is 11.8 Å². The van der Waals surface area contributed by atoms with Crippen molar-refractivity contribution in [2.75, 3.05) is 26.0 Å². The van der Waals surface area contributed by atoms with Gasteiger partial charge in [0.05, 0.1) is 24.2 Å². The van der Waals surface area contributed by atoms with E-state index in [1.54, 1.807) is 11.8 Å². The van der Waals surface area contributed by atoms with Crippen molar-refractivity contribution < 1.29 is 23.9 Å². The van der Waals surface area contributed by atoms with Gasteiger partial charge in [0.1, 0.15) is 13.2 Å². The van der Waals surface area contributed by atoms with Crippen molar-refractivity contribution in [1.82, 2.24) is 5.32 Å². The number of benzene rings is 5. The number of fused-ring (bicyclic) bond motifs is 3. The lowest BCUT2D eigenvalue weighted by Gasteiger charge is -2.36. The van der Waals surface area contributed by atoms with Gasteiger partial charge in [0.2, 0.25) is 5.91 Å². The quantitative estimate of drug-likeness (QED) is 0.105. The summed E-state index contributed by atoms with van der Waals surface area (Å²) in [6.45, 7) is -0.124. The fraction of sp³-hybridized carbons (Fsp3) is 0.195. The van der Waals surface area contributed by atoms with Crippen LogP contribution >= 0.6 is 11.8 Å². The lowest BCUT2D eigenvalue weighted by atomic mass is 9.84. The molecule has 1 atom stereocenters. The number of amides is 1. The van der Waals surface area contributed by atoms with Crippen molar-refractivity contribution >= 4 is 29.6 Å². The third-order valence-corrected chi connectivity index (χ3v) is 10.5. The third-order valence-electron chi connectivity index (χ3n) is 8.83. The molecule has 1 aliphatic rings. The fourth-order valence-corrected chi connectivity index (χ4v) is 8.10. The highest BCUT2D eigenvalue weighted by Gasteiger charge is 2.39. The highest BCUT2D eigenvalue weighted by atomic mass is 32.2. The Morgan fingerprint density at radius 2 is 1.12 bits per heavy atom. The van der Waals surface area contributed by atoms with Crippen molar-refractivity contribution in [1.29, 1.82) is 0 Å². The summed E-state index contributed by atoms with van der Waals surface area (Å²) < 4.78 is 10.00. The second-order valence-electron chi connectivity index (χ2n) is 11.7. The van der Waals surface area contributed by atoms with Crippen LogP contribution in [0.25, 0.3) is 11.1 Å². The summed E-state index contributed by atoms with van der Waals surface area (Å²) in [7, 11) is 1.27. The van der Waals surface area contributed by atoms with E-state index in [9.17, 15) is 14.4 Å². The molecule has 1 aliphatic carbocycles. The van der Waals surface area contributed by atoms with E-state index in [1.165, 1.54) is 7.11 Å². The highest BCUT2D eigenvalue weighted by molar-refractivity contribution is 8.00. The molecule has 6 rings (SSSR count). The first-order chi connectivity index (χ1) is 23.5. The van der Waals surface area contributed by atoms with E-state index in [4.69, 9.17) is 9.47 Å². The van der Waals surface area contributed by atoms with Crippen LogP contribution in [0.2, 0.25) is 0 Å². The van der Waals surface area contributed by atoms with Crippen molar-refractivity contribution in [2.45, 2.75) is 17.1 Å². The SMILES string of the molecule is COC(=O)CNC(=O)[C@H](CSC(c1ccccc1)(c1ccccc1)c1ccccc1)CC(=O)OCC1c2ccccc2-c2ccccc21. The Morgan fingerprint density at radius 1 is 0.667 bits per heavy atom. The zero-order chi connectivity index (χ0) is 33.3. The maximum absolute atomic E-state index is 13.7. The molecule has 0 bridgehead atoms. The summed E-state index contributed by atoms with van der Waals surface area (Å²) in [5.74, 6) is -2.06. The maximum atomic E-state index is 13.7. The van der Waals surface area contributed by atoms with Crippen molar-refractivity contribution in [2.24, 2.45) is 5.92 Å². The smallest absolute Gasteiger partial charge is 0.325 e. The summed E-state index contributed by atoms with van der Waals surface area (Å²) in [4.78, 5) is 39.2. The van der Waals surface area contributed by atoms with Crippen LogP contribution in [-0.4, -0.2) is 43.9 Å². The Bertz CT molecular complexity index is 1720. The maximum Gasteiger partial charge on any atom is 0.325 e. The van der Waals surface area contributed by atoms with Crippen molar-refractivity contribution in [3.8, 4) is 11.1 Å². The van der Waals surface area contributed by atoms with Crippen LogP contribution in [0.15, 0.2) is 140 Å². The Labute approximate surface area is 285 Å². The zero-order valence-corrected chi connectivity index (χ0v) is 27.5. The van der Waals surface area contributed by atoms with Gasteiger partial charge in [-0.1, -0.05) is 140 Å². The van der Waals surface area contributed by atoms with Gasteiger partial charge in [-0.25, -0.2) is 0 Å². The summed E-state index contributed by atoms with van der Waals surface area (Å²) in [6, 6.07) is 46.9. The molecule has 0 saturated carbocycles. The molecule has 0 aliphatic heterocycles. The molecule has 0 heterocycles. The van der Waals surface area contributed by atoms with E-state index in [-0.39, 0.29) is 31.2 Å². The molecule has 0 fully saturated rings. The topological polar surface area (TPSA) is 81.7 Å². The first-order valence-corrected chi connectivity index (χ1v) is 17.0. The largest absolute Gasteiger partial charge is 0.468 e. The number of nitrogens with one attached hydrogen (secondary N) is 1. The van der Waals surface area contributed by atoms with Crippen LogP contribution in [0.3, 0.4) is 0 Å². The average molecular weight is 656 g/mol. The van der Waals surface area contributed by atoms with Crippen LogP contribution in [0.5, 0.6) is 0 Å². The predicted molar refractivity (Wildman–Crippen MR) is 189 cm³/mol. The molecule has 5 aromatic carbocycles. The first-order valence-electron chi connectivity index (χ1n) is 16.0. The van der Waals surface area contributed by atoms with Crippen LogP contribution in [0.4, 0.5) is 0 Å². The highest BCUT2D eigenvalue weighted by Crippen LogP contribution is 2.49. The number of esters is 2. The summed E-state index contributed by atoms with van der Waals surface area (Å²) >= 11 is 1.59. The van der Waals surface area contributed by atoms with Gasteiger partial charge in [-0.2, -0.15) is 0 Å². The molecule has 0 unspecified atom stereocenters. The average Bonchev–Trinajstić information content (AvgIpc) is 3.47. The minimum absolute atomic E-state index is 0.0933. The number of carbonyl (C=O) groups is 3. The second-order valence-corrected chi connectivity index (χ2v) is 12.9. The van der Waals surface area contributed by atoms with E-state index < -0.39 is 28.5 Å². The molecule has 0 spiro atoms. The van der Waals surface area contributed by atoms with Gasteiger partial charge in [0.25, 0.3) is 0 Å². The van der Waals surface area contributed by atoms with Crippen molar-refractivity contribution in [3.05, 3.63) is 167 Å². The minimum Gasteiger partial charge on any atom is -0.468 e. The number of thioether (sulfide) groups is 1. The van der Waals surface area contributed by atoms with Crippen LogP contribution in [0, 0.1) is 5.92 Å². The number of methoxy groups -OCH3 is 1. The number of hydrogen-bond donors (Lipinski definition) is 1. The normalized spacial score (nSPS) is 12.8. The molecule has 0 radical (unpaired) electrons. The minimum atomic E-state index is -0.786. The molecular weight excluding hydrogens is 619 g/mol. The molecular formula is C41H37NO5S. The molecule has 0 aromatic heterocycles. The number of hydrogen-bond acceptors (Lipinski definition) is 6. The van der Waals surface area contributed by atoms with E-state index in [1.807, 2.05) is 78.9 Å². The monoisotopic (exact) mass is 655 g/mol. The van der Waals surface area contributed by atoms with E-state index in [0.717, 1.165) is 38.9 Å². The van der Waals surface area contributed by atoms with Crippen LogP contribution in [-0.2, 0) is 28.6 Å². The summed E-state index contributed by atoms with van der Waals surface area (Å²) in [5.41, 5.74) is 7.65. The number of carbonyl (C=O) groups excluding carboxylic acids is 3. The van der Waals surface area contributed by atoms with Gasteiger partial charge < -0.3 is 14.8 Å². The molecule has 1 N–H and O–H groups in total. The lowest BCUT2D eigenvalue weighted by molar-refractivity contribution is -0.147. The zero-order valence-electron chi connectivity index (χ0n) is 26.7. The Kier molecular flexibility index (Phi) is 10.4. The summed E-state index contributed by atoms with van der Waals surface area (Å²) in [5, 5.41) is 2.68. The first kappa shape index (κ1) is 32.8. The Hall–Kier alpha value is -5.14. The molecule has 0 saturated heterocycles. The predicted octanol–water partition coefficient (Wildman–Crippen LogP) is 7.36. The Morgan fingerprint density at radius 3 is 1.60 bits per heavy atom. The number of rotatable bonds is 13. The van der Waals surface area contributed by atoms with E-state index >= 15 is 0 Å². The standard InChI is InChI=1S/C41H37NO5S/c1-46-39(44)26-42-40(45)29(25-38(43)47-27-37-35-23-13-11-21-33(35)34-22-12-14-24-36(34)37)28-48-41(30-15-5-2-6-16-30,31-17-7-3-8-18-31)32-19-9-4-10-20-32/h2-24,29,37H,25-28H2,1H3,(H,42,45)/t29-/m0/s1. The summed E-state index contributed by atoms with van der Waals surface area (Å²) in [6.07, 6.45) is -0.148. The van der Waals surface area contributed by atoms with Crippen LogP contribution < -0.4 is 5.32 Å². The van der Waals surface area contributed by atoms with Gasteiger partial charge in [-0.3, -0.25) is 14.4 Å². The van der Waals surface area contributed by atoms with Gasteiger partial charge >= 0.3 is 11.9 Å². The molecule has 1 amide bonds. The number of ether oxygens (including phenoxy) is 2. The second kappa shape index (κ2) is 15.2. The molecule has 48 heavy (non-hydrogen) atoms. The van der Waals surface area contributed by atoms with Gasteiger partial charge in [0.15, 0.2) is 0 Å². The molecule has 242 valence electrons. The van der Waals surface area contributed by atoms with E-state index in [0.29, 0.717) is 0 Å². The molecule has 5 aromatic rings. The van der Waals surface area contributed by atoms with Gasteiger partial charge in [-0.05, 0) is 38.9 Å². The lowest BCUT2D eigenvalue weighted by Crippen LogP contribution is -2.38. The molecule has 6 nitrogen and oxygen atoms in total. The van der Waals surface area contributed by atoms with Crippen LogP contribution in [0.1, 0.15) is 40.2 Å². The van der Waals surface area contributed by atoms with Crippen molar-refractivity contribution in [3.63, 3.8) is 0 Å².